The Morgan fingerprint density at radius 1 is 1.03 bits per heavy atom. The Kier molecular flexibility index (Phi) is 10.8. The molecule has 0 unspecified atom stereocenters. The van der Waals surface area contributed by atoms with E-state index in [1.54, 1.807) is 67.2 Å². The first-order chi connectivity index (χ1) is 16.4. The van der Waals surface area contributed by atoms with Crippen molar-refractivity contribution in [2.24, 2.45) is 0 Å². The summed E-state index contributed by atoms with van der Waals surface area (Å²) in [5, 5.41) is 20.4. The maximum absolute atomic E-state index is 12.7. The average molecular weight is 475 g/mol. The summed E-state index contributed by atoms with van der Waals surface area (Å²) in [6.45, 7) is 1.58. The largest absolute Gasteiger partial charge is 0.497 e. The minimum Gasteiger partial charge on any atom is -0.497 e. The van der Waals surface area contributed by atoms with Crippen LogP contribution in [0.1, 0.15) is 25.0 Å². The van der Waals surface area contributed by atoms with E-state index < -0.39 is 24.2 Å². The average Bonchev–Trinajstić information content (AvgIpc) is 2.87. The van der Waals surface area contributed by atoms with E-state index in [4.69, 9.17) is 29.3 Å². The van der Waals surface area contributed by atoms with E-state index in [9.17, 15) is 9.59 Å². The maximum Gasteiger partial charge on any atom is 0.412 e. The molecule has 2 atom stereocenters. The van der Waals surface area contributed by atoms with E-state index >= 15 is 0 Å². The fourth-order valence-corrected chi connectivity index (χ4v) is 3.03. The lowest BCUT2D eigenvalue weighted by atomic mass is 10.0. The minimum absolute atomic E-state index is 0.113. The fraction of sp³-hybridized carbons (Fsp3) is 0.333. The smallest absolute Gasteiger partial charge is 0.412 e. The van der Waals surface area contributed by atoms with Crippen molar-refractivity contribution in [1.82, 2.24) is 5.48 Å². The number of carbonyl (C=O) groups excluding carboxylic acids is 2. The van der Waals surface area contributed by atoms with Crippen molar-refractivity contribution in [1.29, 1.82) is 0 Å². The molecule has 0 aromatic heterocycles. The van der Waals surface area contributed by atoms with Gasteiger partial charge in [-0.3, -0.25) is 15.3 Å². The summed E-state index contributed by atoms with van der Waals surface area (Å²) in [5.74, 6) is 0.548. The van der Waals surface area contributed by atoms with Crippen LogP contribution in [0, 0.1) is 0 Å². The normalized spacial score (nSPS) is 12.9. The van der Waals surface area contributed by atoms with Gasteiger partial charge in [-0.15, -0.1) is 0 Å². The zero-order chi connectivity index (χ0) is 24.9. The monoisotopic (exact) mass is 474 g/mol. The van der Waals surface area contributed by atoms with E-state index in [0.29, 0.717) is 22.7 Å². The highest BCUT2D eigenvalue weighted by Gasteiger charge is 2.27. The molecule has 2 rings (SSSR count). The van der Waals surface area contributed by atoms with E-state index in [1.165, 1.54) is 14.0 Å². The summed E-state index contributed by atoms with van der Waals surface area (Å²) >= 11 is 0. The molecule has 10 heteroatoms. The Balaban J connectivity index is 2.23. The van der Waals surface area contributed by atoms with Crippen molar-refractivity contribution in [2.45, 2.75) is 25.6 Å². The Bertz CT molecular complexity index is 944. The lowest BCUT2D eigenvalue weighted by molar-refractivity contribution is -0.125. The molecule has 0 aliphatic carbocycles. The number of anilines is 1. The zero-order valence-corrected chi connectivity index (χ0v) is 19.3. The summed E-state index contributed by atoms with van der Waals surface area (Å²) in [6, 6.07) is 13.6. The standard InChI is InChI=1S/C24H30N2O8/c1-16(23(28)26-30)4-13-21(32-3)22(17-5-9-20(10-6-17)33-15-14-27)34-24(29)25-18-7-11-19(31-2)12-8-18/h4-12,21-22,27,30H,13-15H2,1-3H3,(H,25,29)(H,26,28)/b16-4+/t21-,22-/m1/s1. The molecule has 4 N–H and O–H groups in total. The summed E-state index contributed by atoms with van der Waals surface area (Å²) in [6.07, 6.45) is -0.384. The maximum atomic E-state index is 12.7. The van der Waals surface area contributed by atoms with Gasteiger partial charge in [-0.05, 0) is 55.3 Å². The van der Waals surface area contributed by atoms with Crippen LogP contribution in [-0.2, 0) is 14.3 Å². The summed E-state index contributed by atoms with van der Waals surface area (Å²) in [5.41, 5.74) is 3.00. The molecule has 0 spiro atoms. The first-order valence-electron chi connectivity index (χ1n) is 10.5. The third kappa shape index (κ3) is 8.07. The molecule has 184 valence electrons. The molecule has 0 saturated heterocycles. The minimum atomic E-state index is -0.837. The van der Waals surface area contributed by atoms with Gasteiger partial charge in [0.15, 0.2) is 6.10 Å². The van der Waals surface area contributed by atoms with Gasteiger partial charge < -0.3 is 24.1 Å². The van der Waals surface area contributed by atoms with Gasteiger partial charge in [-0.25, -0.2) is 10.3 Å². The first-order valence-corrected chi connectivity index (χ1v) is 10.5. The highest BCUT2D eigenvalue weighted by Crippen LogP contribution is 2.29. The van der Waals surface area contributed by atoms with Gasteiger partial charge in [0, 0.05) is 18.4 Å². The molecular formula is C24H30N2O8. The summed E-state index contributed by atoms with van der Waals surface area (Å²) in [4.78, 5) is 24.3. The SMILES string of the molecule is COc1ccc(NC(=O)O[C@H](c2ccc(OCCO)cc2)[C@@H](C/C=C(\C)C(=O)NO)OC)cc1. The molecule has 0 aliphatic heterocycles. The van der Waals surface area contributed by atoms with Gasteiger partial charge >= 0.3 is 6.09 Å². The number of aliphatic hydroxyl groups excluding tert-OH is 1. The van der Waals surface area contributed by atoms with Crippen LogP contribution in [0.4, 0.5) is 10.5 Å². The number of carbonyl (C=O) groups is 2. The number of aliphatic hydroxyl groups is 1. The fourth-order valence-electron chi connectivity index (χ4n) is 3.03. The Labute approximate surface area is 198 Å². The van der Waals surface area contributed by atoms with E-state index in [2.05, 4.69) is 5.32 Å². The molecule has 10 nitrogen and oxygen atoms in total. The highest BCUT2D eigenvalue weighted by atomic mass is 16.6. The van der Waals surface area contributed by atoms with Crippen LogP contribution >= 0.6 is 0 Å². The number of hydrogen-bond acceptors (Lipinski definition) is 8. The van der Waals surface area contributed by atoms with Crippen LogP contribution < -0.4 is 20.3 Å². The van der Waals surface area contributed by atoms with Crippen molar-refractivity contribution < 1.29 is 38.9 Å². The predicted molar refractivity (Wildman–Crippen MR) is 124 cm³/mol. The molecule has 0 saturated carbocycles. The van der Waals surface area contributed by atoms with Crippen molar-refractivity contribution in [3.63, 3.8) is 0 Å². The van der Waals surface area contributed by atoms with Crippen LogP contribution in [0.2, 0.25) is 0 Å². The Morgan fingerprint density at radius 2 is 1.68 bits per heavy atom. The lowest BCUT2D eigenvalue weighted by Gasteiger charge is -2.26. The number of benzene rings is 2. The number of amides is 2. The van der Waals surface area contributed by atoms with Crippen LogP contribution in [0.15, 0.2) is 60.2 Å². The number of methoxy groups -OCH3 is 2. The van der Waals surface area contributed by atoms with Crippen LogP contribution in [0.3, 0.4) is 0 Å². The second kappa shape index (κ2) is 13.8. The van der Waals surface area contributed by atoms with E-state index in [0.717, 1.165) is 0 Å². The topological polar surface area (TPSA) is 136 Å². The Hall–Kier alpha value is -3.60. The van der Waals surface area contributed by atoms with Crippen molar-refractivity contribution in [3.8, 4) is 11.5 Å². The third-order valence-corrected chi connectivity index (χ3v) is 4.90. The molecule has 0 radical (unpaired) electrons. The molecule has 2 aromatic rings. The molecule has 0 aliphatic rings. The quantitative estimate of drug-likeness (QED) is 0.209. The first kappa shape index (κ1) is 26.7. The van der Waals surface area contributed by atoms with Gasteiger partial charge in [-0.2, -0.15) is 0 Å². The van der Waals surface area contributed by atoms with Gasteiger partial charge in [0.05, 0.1) is 13.7 Å². The van der Waals surface area contributed by atoms with Gasteiger partial charge in [-0.1, -0.05) is 18.2 Å². The van der Waals surface area contributed by atoms with Crippen LogP contribution in [-0.4, -0.2) is 55.9 Å². The second-order valence-corrected chi connectivity index (χ2v) is 7.16. The van der Waals surface area contributed by atoms with Crippen LogP contribution in [0.5, 0.6) is 11.5 Å². The molecule has 2 aromatic carbocycles. The number of hydrogen-bond donors (Lipinski definition) is 4. The van der Waals surface area contributed by atoms with Gasteiger partial charge in [0.2, 0.25) is 0 Å². The molecule has 34 heavy (non-hydrogen) atoms. The number of rotatable bonds is 12. The van der Waals surface area contributed by atoms with Crippen LogP contribution in [0.25, 0.3) is 0 Å². The molecule has 0 fully saturated rings. The van der Waals surface area contributed by atoms with Crippen molar-refractivity contribution >= 4 is 17.7 Å². The number of hydroxylamine groups is 1. The Morgan fingerprint density at radius 3 is 2.24 bits per heavy atom. The van der Waals surface area contributed by atoms with E-state index in [-0.39, 0.29) is 25.2 Å². The molecule has 0 bridgehead atoms. The summed E-state index contributed by atoms with van der Waals surface area (Å²) < 4.78 is 21.8. The molecular weight excluding hydrogens is 444 g/mol. The van der Waals surface area contributed by atoms with Crippen molar-refractivity contribution in [3.05, 3.63) is 65.7 Å². The van der Waals surface area contributed by atoms with E-state index in [1.807, 2.05) is 0 Å². The van der Waals surface area contributed by atoms with Gasteiger partial charge in [0.1, 0.15) is 24.2 Å². The van der Waals surface area contributed by atoms with Crippen molar-refractivity contribution in [2.75, 3.05) is 32.8 Å². The van der Waals surface area contributed by atoms with Gasteiger partial charge in [0.25, 0.3) is 5.91 Å². The summed E-state index contributed by atoms with van der Waals surface area (Å²) in [7, 11) is 3.02. The predicted octanol–water partition coefficient (Wildman–Crippen LogP) is 3.21. The number of ether oxygens (including phenoxy) is 4. The zero-order valence-electron chi connectivity index (χ0n) is 19.3. The highest BCUT2D eigenvalue weighted by molar-refractivity contribution is 5.91. The second-order valence-electron chi connectivity index (χ2n) is 7.16. The lowest BCUT2D eigenvalue weighted by Crippen LogP contribution is -2.28. The molecule has 0 heterocycles. The molecule has 2 amide bonds. The number of nitrogens with one attached hydrogen (secondary N) is 2. The third-order valence-electron chi connectivity index (χ3n) is 4.90.